The van der Waals surface area contributed by atoms with E-state index in [2.05, 4.69) is 10.3 Å². The summed E-state index contributed by atoms with van der Waals surface area (Å²) in [5.41, 5.74) is 2.14. The Morgan fingerprint density at radius 3 is 2.62 bits per heavy atom. The summed E-state index contributed by atoms with van der Waals surface area (Å²) in [6.07, 6.45) is 1.55. The first-order valence-corrected chi connectivity index (χ1v) is 10.7. The molecule has 1 fully saturated rings. The number of aromatic nitrogens is 1. The van der Waals surface area contributed by atoms with E-state index in [4.69, 9.17) is 11.6 Å². The number of hydrogen-bond acceptors (Lipinski definition) is 4. The molecule has 1 atom stereocenters. The van der Waals surface area contributed by atoms with Gasteiger partial charge in [-0.25, -0.2) is 4.98 Å². The summed E-state index contributed by atoms with van der Waals surface area (Å²) in [5.74, 6) is -0.434. The SMILES string of the molecule is O=C(Nc1ccc(Cl)cc1)C1CCCN(C(=O)c2csc(-c3ccccc3)n2)C1. The molecular weight excluding hydrogens is 406 g/mol. The number of halogens is 1. The third kappa shape index (κ3) is 4.66. The van der Waals surface area contributed by atoms with E-state index >= 15 is 0 Å². The maximum atomic E-state index is 12.9. The van der Waals surface area contributed by atoms with Crippen LogP contribution in [0.2, 0.25) is 5.02 Å². The number of likely N-dealkylation sites (tertiary alicyclic amines) is 1. The van der Waals surface area contributed by atoms with E-state index in [1.54, 1.807) is 34.5 Å². The zero-order valence-electron chi connectivity index (χ0n) is 15.7. The first-order chi connectivity index (χ1) is 14.1. The van der Waals surface area contributed by atoms with Crippen LogP contribution in [0.25, 0.3) is 10.6 Å². The van der Waals surface area contributed by atoms with Gasteiger partial charge in [0.25, 0.3) is 5.91 Å². The van der Waals surface area contributed by atoms with Crippen molar-refractivity contribution in [2.75, 3.05) is 18.4 Å². The number of thiazole rings is 1. The zero-order chi connectivity index (χ0) is 20.2. The van der Waals surface area contributed by atoms with Crippen molar-refractivity contribution in [2.24, 2.45) is 5.92 Å². The number of nitrogens with zero attached hydrogens (tertiary/aromatic N) is 2. The van der Waals surface area contributed by atoms with Gasteiger partial charge >= 0.3 is 0 Å². The van der Waals surface area contributed by atoms with Crippen molar-refractivity contribution in [2.45, 2.75) is 12.8 Å². The van der Waals surface area contributed by atoms with Crippen molar-refractivity contribution in [3.8, 4) is 10.6 Å². The molecule has 0 aliphatic carbocycles. The summed E-state index contributed by atoms with van der Waals surface area (Å²) in [4.78, 5) is 31.8. The lowest BCUT2D eigenvalue weighted by atomic mass is 9.96. The summed E-state index contributed by atoms with van der Waals surface area (Å²) >= 11 is 7.34. The van der Waals surface area contributed by atoms with E-state index < -0.39 is 0 Å². The minimum absolute atomic E-state index is 0.0759. The Hall–Kier alpha value is -2.70. The molecule has 29 heavy (non-hydrogen) atoms. The molecule has 0 spiro atoms. The van der Waals surface area contributed by atoms with Crippen molar-refractivity contribution < 1.29 is 9.59 Å². The Bertz CT molecular complexity index is 1000. The standard InChI is InChI=1S/C22H20ClN3O2S/c23-17-8-10-18(11-9-17)24-20(27)16-7-4-12-26(13-16)22(28)19-14-29-21(25-19)15-5-2-1-3-6-15/h1-3,5-6,8-11,14,16H,4,7,12-13H2,(H,24,27). The number of nitrogens with one attached hydrogen (secondary N) is 1. The second-order valence-electron chi connectivity index (χ2n) is 6.99. The molecule has 2 aromatic carbocycles. The fourth-order valence-corrected chi connectivity index (χ4v) is 4.33. The summed E-state index contributed by atoms with van der Waals surface area (Å²) < 4.78 is 0. The minimum Gasteiger partial charge on any atom is -0.336 e. The molecule has 148 valence electrons. The number of piperidine rings is 1. The molecule has 7 heteroatoms. The highest BCUT2D eigenvalue weighted by molar-refractivity contribution is 7.13. The molecule has 4 rings (SSSR count). The molecule has 0 saturated carbocycles. The summed E-state index contributed by atoms with van der Waals surface area (Å²) in [5, 5.41) is 6.15. The second kappa shape index (κ2) is 8.76. The fraction of sp³-hybridized carbons (Fsp3) is 0.227. The van der Waals surface area contributed by atoms with Crippen LogP contribution in [0, 0.1) is 5.92 Å². The van der Waals surface area contributed by atoms with E-state index in [0.29, 0.717) is 29.5 Å². The number of carbonyl (C=O) groups is 2. The Morgan fingerprint density at radius 2 is 1.86 bits per heavy atom. The van der Waals surface area contributed by atoms with Gasteiger partial charge in [-0.15, -0.1) is 11.3 Å². The van der Waals surface area contributed by atoms with Gasteiger partial charge in [0, 0.05) is 34.7 Å². The van der Waals surface area contributed by atoms with Crippen molar-refractivity contribution >= 4 is 40.4 Å². The molecule has 1 saturated heterocycles. The maximum absolute atomic E-state index is 12.9. The predicted molar refractivity (Wildman–Crippen MR) is 116 cm³/mol. The van der Waals surface area contributed by atoms with Gasteiger partial charge in [0.05, 0.1) is 5.92 Å². The van der Waals surface area contributed by atoms with Crippen molar-refractivity contribution in [1.82, 2.24) is 9.88 Å². The van der Waals surface area contributed by atoms with Crippen LogP contribution >= 0.6 is 22.9 Å². The fourth-order valence-electron chi connectivity index (χ4n) is 3.40. The Morgan fingerprint density at radius 1 is 1.10 bits per heavy atom. The minimum atomic E-state index is -0.240. The van der Waals surface area contributed by atoms with E-state index in [1.165, 1.54) is 11.3 Å². The molecule has 1 aliphatic heterocycles. The third-order valence-corrected chi connectivity index (χ3v) is 6.08. The summed E-state index contributed by atoms with van der Waals surface area (Å²) in [7, 11) is 0. The molecule has 5 nitrogen and oxygen atoms in total. The molecule has 0 radical (unpaired) electrons. The number of hydrogen-bond donors (Lipinski definition) is 1. The number of anilines is 1. The molecule has 2 heterocycles. The monoisotopic (exact) mass is 425 g/mol. The second-order valence-corrected chi connectivity index (χ2v) is 8.28. The topological polar surface area (TPSA) is 62.3 Å². The molecule has 1 aliphatic rings. The van der Waals surface area contributed by atoms with Crippen LogP contribution in [0.1, 0.15) is 23.3 Å². The molecule has 0 bridgehead atoms. The smallest absolute Gasteiger partial charge is 0.273 e. The van der Waals surface area contributed by atoms with Crippen LogP contribution in [0.5, 0.6) is 0 Å². The number of benzene rings is 2. The normalized spacial score (nSPS) is 16.4. The Kier molecular flexibility index (Phi) is 5.92. The number of amides is 2. The van der Waals surface area contributed by atoms with Gasteiger partial charge < -0.3 is 10.2 Å². The third-order valence-electron chi connectivity index (χ3n) is 4.94. The molecule has 3 aromatic rings. The first-order valence-electron chi connectivity index (χ1n) is 9.47. The van der Waals surface area contributed by atoms with Gasteiger partial charge in [-0.3, -0.25) is 9.59 Å². The lowest BCUT2D eigenvalue weighted by molar-refractivity contribution is -0.121. The number of rotatable bonds is 4. The van der Waals surface area contributed by atoms with Crippen LogP contribution in [0.3, 0.4) is 0 Å². The molecule has 1 N–H and O–H groups in total. The Balaban J connectivity index is 1.41. The van der Waals surface area contributed by atoms with Gasteiger partial charge in [-0.05, 0) is 37.1 Å². The van der Waals surface area contributed by atoms with E-state index in [0.717, 1.165) is 23.4 Å². The highest BCUT2D eigenvalue weighted by atomic mass is 35.5. The zero-order valence-corrected chi connectivity index (χ0v) is 17.2. The highest BCUT2D eigenvalue weighted by Gasteiger charge is 2.30. The average molecular weight is 426 g/mol. The van der Waals surface area contributed by atoms with Crippen LogP contribution < -0.4 is 5.32 Å². The van der Waals surface area contributed by atoms with Crippen LogP contribution in [-0.4, -0.2) is 34.8 Å². The Labute approximate surface area is 178 Å². The summed E-state index contributed by atoms with van der Waals surface area (Å²) in [6, 6.07) is 16.8. The van der Waals surface area contributed by atoms with Gasteiger partial charge in [0.2, 0.25) is 5.91 Å². The lowest BCUT2D eigenvalue weighted by Gasteiger charge is -2.31. The largest absolute Gasteiger partial charge is 0.336 e. The first kappa shape index (κ1) is 19.6. The van der Waals surface area contributed by atoms with E-state index in [-0.39, 0.29) is 17.7 Å². The van der Waals surface area contributed by atoms with Crippen molar-refractivity contribution in [3.63, 3.8) is 0 Å². The lowest BCUT2D eigenvalue weighted by Crippen LogP contribution is -2.43. The number of carbonyl (C=O) groups excluding carboxylic acids is 2. The van der Waals surface area contributed by atoms with Gasteiger partial charge in [0.1, 0.15) is 10.7 Å². The molecule has 2 amide bonds. The predicted octanol–water partition coefficient (Wildman–Crippen LogP) is 4.95. The van der Waals surface area contributed by atoms with Crippen LogP contribution in [0.15, 0.2) is 60.0 Å². The van der Waals surface area contributed by atoms with Crippen LogP contribution in [-0.2, 0) is 4.79 Å². The van der Waals surface area contributed by atoms with E-state index in [9.17, 15) is 9.59 Å². The van der Waals surface area contributed by atoms with Crippen LogP contribution in [0.4, 0.5) is 5.69 Å². The molecular formula is C22H20ClN3O2S. The quantitative estimate of drug-likeness (QED) is 0.643. The molecule has 1 aromatic heterocycles. The average Bonchev–Trinajstić information content (AvgIpc) is 3.26. The van der Waals surface area contributed by atoms with Gasteiger partial charge in [0.15, 0.2) is 0 Å². The van der Waals surface area contributed by atoms with Gasteiger partial charge in [-0.2, -0.15) is 0 Å². The van der Waals surface area contributed by atoms with E-state index in [1.807, 2.05) is 30.3 Å². The van der Waals surface area contributed by atoms with Gasteiger partial charge in [-0.1, -0.05) is 41.9 Å². The van der Waals surface area contributed by atoms with Crippen molar-refractivity contribution in [3.05, 3.63) is 70.7 Å². The van der Waals surface area contributed by atoms with Crippen molar-refractivity contribution in [1.29, 1.82) is 0 Å². The maximum Gasteiger partial charge on any atom is 0.273 e. The molecule has 1 unspecified atom stereocenters. The highest BCUT2D eigenvalue weighted by Crippen LogP contribution is 2.26. The summed E-state index contributed by atoms with van der Waals surface area (Å²) in [6.45, 7) is 1.04.